The summed E-state index contributed by atoms with van der Waals surface area (Å²) in [6, 6.07) is 4.31. The second kappa shape index (κ2) is 8.36. The van der Waals surface area contributed by atoms with Crippen molar-refractivity contribution in [3.8, 4) is 0 Å². The molecule has 116 valence electrons. The lowest BCUT2D eigenvalue weighted by atomic mass is 10.1. The van der Waals surface area contributed by atoms with Crippen LogP contribution < -0.4 is 4.90 Å². The van der Waals surface area contributed by atoms with Crippen LogP contribution in [0.5, 0.6) is 0 Å². The van der Waals surface area contributed by atoms with Crippen LogP contribution in [0, 0.1) is 5.82 Å². The summed E-state index contributed by atoms with van der Waals surface area (Å²) in [6.07, 6.45) is 0.147. The molecule has 1 rings (SSSR count). The molecule has 0 spiro atoms. The average molecular weight is 297 g/mol. The number of ketones is 1. The van der Waals surface area contributed by atoms with Gasteiger partial charge < -0.3 is 14.4 Å². The Hall–Kier alpha value is -1.95. The molecule has 0 amide bonds. The predicted molar refractivity (Wildman–Crippen MR) is 77.1 cm³/mol. The van der Waals surface area contributed by atoms with Crippen LogP contribution >= 0.6 is 0 Å². The van der Waals surface area contributed by atoms with Crippen molar-refractivity contribution in [2.45, 2.75) is 13.3 Å². The summed E-state index contributed by atoms with van der Waals surface area (Å²) in [7, 11) is 2.86. The fourth-order valence-electron chi connectivity index (χ4n) is 1.86. The van der Waals surface area contributed by atoms with E-state index in [1.54, 1.807) is 24.1 Å². The van der Waals surface area contributed by atoms with Crippen LogP contribution in [0.2, 0.25) is 0 Å². The van der Waals surface area contributed by atoms with Crippen LogP contribution in [0.25, 0.3) is 0 Å². The van der Waals surface area contributed by atoms with Crippen molar-refractivity contribution in [1.82, 2.24) is 0 Å². The molecule has 0 saturated carbocycles. The maximum absolute atomic E-state index is 14.1. The van der Waals surface area contributed by atoms with E-state index < -0.39 is 5.82 Å². The molecule has 6 heteroatoms. The Balaban J connectivity index is 2.91. The van der Waals surface area contributed by atoms with Crippen molar-refractivity contribution in [2.75, 3.05) is 38.8 Å². The van der Waals surface area contributed by atoms with E-state index in [2.05, 4.69) is 4.74 Å². The first kappa shape index (κ1) is 17.1. The first-order chi connectivity index (χ1) is 9.99. The van der Waals surface area contributed by atoms with Gasteiger partial charge in [0.05, 0.1) is 25.8 Å². The highest BCUT2D eigenvalue weighted by atomic mass is 19.1. The van der Waals surface area contributed by atoms with Crippen LogP contribution in [-0.2, 0) is 14.3 Å². The van der Waals surface area contributed by atoms with Gasteiger partial charge in [0.25, 0.3) is 0 Å². The summed E-state index contributed by atoms with van der Waals surface area (Å²) in [4.78, 5) is 24.2. The van der Waals surface area contributed by atoms with Crippen LogP contribution in [0.1, 0.15) is 23.7 Å². The number of carbonyl (C=O) groups excluding carboxylic acids is 2. The topological polar surface area (TPSA) is 55.8 Å². The number of methoxy groups -OCH3 is 2. The molecular formula is C15H20FNO4. The largest absolute Gasteiger partial charge is 0.469 e. The van der Waals surface area contributed by atoms with E-state index >= 15 is 0 Å². The highest BCUT2D eigenvalue weighted by molar-refractivity contribution is 5.94. The number of hydrogen-bond acceptors (Lipinski definition) is 5. The lowest BCUT2D eigenvalue weighted by molar-refractivity contribution is -0.140. The lowest BCUT2D eigenvalue weighted by Gasteiger charge is -2.24. The number of Topliss-reactive ketones (excluding diaryl/α,β-unsaturated/α-hetero) is 1. The maximum Gasteiger partial charge on any atom is 0.307 e. The van der Waals surface area contributed by atoms with Gasteiger partial charge in [-0.1, -0.05) is 0 Å². The van der Waals surface area contributed by atoms with Gasteiger partial charge in [-0.2, -0.15) is 0 Å². The third kappa shape index (κ3) is 5.15. The standard InChI is InChI=1S/C15H20FNO4/c1-11(18)12-4-5-14(13(16)10-12)17(8-9-20-2)7-6-15(19)21-3/h4-5,10H,6-9H2,1-3H3. The molecule has 0 aliphatic heterocycles. The molecule has 0 fully saturated rings. The first-order valence-electron chi connectivity index (χ1n) is 6.60. The number of carbonyl (C=O) groups is 2. The number of ether oxygens (including phenoxy) is 2. The monoisotopic (exact) mass is 297 g/mol. The fourth-order valence-corrected chi connectivity index (χ4v) is 1.86. The SMILES string of the molecule is COCCN(CCC(=O)OC)c1ccc(C(C)=O)cc1F. The summed E-state index contributed by atoms with van der Waals surface area (Å²) >= 11 is 0. The number of benzene rings is 1. The smallest absolute Gasteiger partial charge is 0.307 e. The highest BCUT2D eigenvalue weighted by Crippen LogP contribution is 2.21. The molecule has 0 N–H and O–H groups in total. The van der Waals surface area contributed by atoms with Crippen LogP contribution in [-0.4, -0.2) is 45.7 Å². The minimum absolute atomic E-state index is 0.147. The molecule has 1 aromatic rings. The van der Waals surface area contributed by atoms with Gasteiger partial charge >= 0.3 is 5.97 Å². The quantitative estimate of drug-likeness (QED) is 0.543. The normalized spacial score (nSPS) is 10.3. The molecule has 0 aromatic heterocycles. The highest BCUT2D eigenvalue weighted by Gasteiger charge is 2.15. The van der Waals surface area contributed by atoms with Crippen LogP contribution in [0.4, 0.5) is 10.1 Å². The van der Waals surface area contributed by atoms with Crippen molar-refractivity contribution in [1.29, 1.82) is 0 Å². The molecule has 0 aliphatic carbocycles. The maximum atomic E-state index is 14.1. The summed E-state index contributed by atoms with van der Waals surface area (Å²) in [5.74, 6) is -1.06. The number of halogens is 1. The predicted octanol–water partition coefficient (Wildman–Crippen LogP) is 2.04. The average Bonchev–Trinajstić information content (AvgIpc) is 2.47. The Morgan fingerprint density at radius 3 is 2.48 bits per heavy atom. The van der Waals surface area contributed by atoms with Crippen LogP contribution in [0.3, 0.4) is 0 Å². The lowest BCUT2D eigenvalue weighted by Crippen LogP contribution is -2.30. The van der Waals surface area contributed by atoms with Crippen molar-refractivity contribution in [3.63, 3.8) is 0 Å². The van der Waals surface area contributed by atoms with Crippen molar-refractivity contribution >= 4 is 17.4 Å². The number of hydrogen-bond donors (Lipinski definition) is 0. The van der Waals surface area contributed by atoms with E-state index in [-0.39, 0.29) is 18.2 Å². The van der Waals surface area contributed by atoms with E-state index in [9.17, 15) is 14.0 Å². The Kier molecular flexibility index (Phi) is 6.81. The van der Waals surface area contributed by atoms with E-state index in [1.165, 1.54) is 20.1 Å². The third-order valence-corrected chi connectivity index (χ3v) is 3.07. The number of rotatable bonds is 8. The summed E-state index contributed by atoms with van der Waals surface area (Å²) in [5, 5.41) is 0. The van der Waals surface area contributed by atoms with Gasteiger partial charge in [-0.05, 0) is 25.1 Å². The van der Waals surface area contributed by atoms with Crippen molar-refractivity contribution < 1.29 is 23.5 Å². The molecule has 0 unspecified atom stereocenters. The van der Waals surface area contributed by atoms with E-state index in [0.717, 1.165) is 0 Å². The van der Waals surface area contributed by atoms with E-state index in [0.29, 0.717) is 30.9 Å². The molecule has 0 atom stereocenters. The molecule has 0 radical (unpaired) electrons. The zero-order valence-electron chi connectivity index (χ0n) is 12.5. The zero-order valence-corrected chi connectivity index (χ0v) is 12.5. The molecule has 1 aromatic carbocycles. The van der Waals surface area contributed by atoms with Gasteiger partial charge in [0.1, 0.15) is 5.82 Å². The Bertz CT molecular complexity index is 504. The molecule has 5 nitrogen and oxygen atoms in total. The van der Waals surface area contributed by atoms with Gasteiger partial charge in [-0.25, -0.2) is 4.39 Å². The summed E-state index contributed by atoms with van der Waals surface area (Å²) < 4.78 is 23.7. The van der Waals surface area contributed by atoms with Gasteiger partial charge in [0, 0.05) is 25.8 Å². The molecular weight excluding hydrogens is 277 g/mol. The van der Waals surface area contributed by atoms with Gasteiger partial charge in [-0.3, -0.25) is 9.59 Å². The van der Waals surface area contributed by atoms with Gasteiger partial charge in [-0.15, -0.1) is 0 Å². The Morgan fingerprint density at radius 1 is 1.24 bits per heavy atom. The van der Waals surface area contributed by atoms with Crippen LogP contribution in [0.15, 0.2) is 18.2 Å². The number of nitrogens with zero attached hydrogens (tertiary/aromatic N) is 1. The molecule has 21 heavy (non-hydrogen) atoms. The van der Waals surface area contributed by atoms with Gasteiger partial charge in [0.15, 0.2) is 5.78 Å². The molecule has 0 saturated heterocycles. The molecule has 0 aliphatic rings. The Labute approximate surface area is 123 Å². The Morgan fingerprint density at radius 2 is 1.95 bits per heavy atom. The minimum atomic E-state index is -0.497. The van der Waals surface area contributed by atoms with Crippen molar-refractivity contribution in [3.05, 3.63) is 29.6 Å². The zero-order chi connectivity index (χ0) is 15.8. The van der Waals surface area contributed by atoms with Crippen molar-refractivity contribution in [2.24, 2.45) is 0 Å². The second-order valence-corrected chi connectivity index (χ2v) is 4.53. The minimum Gasteiger partial charge on any atom is -0.469 e. The molecule has 0 bridgehead atoms. The fraction of sp³-hybridized carbons (Fsp3) is 0.467. The third-order valence-electron chi connectivity index (χ3n) is 3.07. The second-order valence-electron chi connectivity index (χ2n) is 4.53. The number of anilines is 1. The molecule has 0 heterocycles. The summed E-state index contributed by atoms with van der Waals surface area (Å²) in [6.45, 7) is 2.53. The van der Waals surface area contributed by atoms with Gasteiger partial charge in [0.2, 0.25) is 0 Å². The number of esters is 1. The van der Waals surface area contributed by atoms with E-state index in [4.69, 9.17) is 4.74 Å². The van der Waals surface area contributed by atoms with E-state index in [1.807, 2.05) is 0 Å². The summed E-state index contributed by atoms with van der Waals surface area (Å²) in [5.41, 5.74) is 0.650. The first-order valence-corrected chi connectivity index (χ1v) is 6.60.